The van der Waals surface area contributed by atoms with Gasteiger partial charge in [-0.2, -0.15) is 5.10 Å². The number of nitrogens with two attached hydrogens (primary N) is 2. The van der Waals surface area contributed by atoms with E-state index in [0.29, 0.717) is 47.0 Å². The zero-order valence-electron chi connectivity index (χ0n) is 19.7. The molecule has 1 aromatic carbocycles. The smallest absolute Gasteiger partial charge is 0.269 e. The maximum Gasteiger partial charge on any atom is 0.269 e. The third-order valence-electron chi connectivity index (χ3n) is 6.84. The number of aromatic nitrogens is 4. The van der Waals surface area contributed by atoms with E-state index >= 15 is 0 Å². The van der Waals surface area contributed by atoms with Crippen molar-refractivity contribution in [3.63, 3.8) is 0 Å². The van der Waals surface area contributed by atoms with Crippen LogP contribution in [0.2, 0.25) is 0 Å². The van der Waals surface area contributed by atoms with E-state index < -0.39 is 12.0 Å². The van der Waals surface area contributed by atoms with Gasteiger partial charge in [0.05, 0.1) is 11.4 Å². The van der Waals surface area contributed by atoms with Crippen LogP contribution in [0, 0.1) is 11.7 Å². The number of halogens is 1. The standard InChI is InChI=1S/C27H25FN6O2/c1-14-20-11-18(28)6-7-19(20)23-16(3-2-8-31-23)9-21-24(27(30)35)33-34(13-15-4-5-15)25(21)17-10-22(36-14)26(29)32-12-17/h2-3,6-8,10-12,14-15H,4-5,9,13H2,1H3,(H2,29,32)(H2,30,35)/t14-/m1/s1. The largest absolute Gasteiger partial charge is 0.482 e. The SMILES string of the molecule is C[C@H]1Oc2cc(cnc2N)-c2c(c(C(N)=O)nn2CC2CC2)Cc2cccnc2-c2ccc(F)cc21. The van der Waals surface area contributed by atoms with Gasteiger partial charge in [0.2, 0.25) is 0 Å². The van der Waals surface area contributed by atoms with Crippen molar-refractivity contribution >= 4 is 11.7 Å². The second-order valence-electron chi connectivity index (χ2n) is 9.45. The van der Waals surface area contributed by atoms with Gasteiger partial charge in [-0.1, -0.05) is 6.07 Å². The van der Waals surface area contributed by atoms with E-state index in [0.717, 1.165) is 29.7 Å². The van der Waals surface area contributed by atoms with Crippen LogP contribution in [0.1, 0.15) is 53.0 Å². The number of hydrogen-bond donors (Lipinski definition) is 2. The summed E-state index contributed by atoms with van der Waals surface area (Å²) in [5, 5.41) is 4.65. The Morgan fingerprint density at radius 3 is 2.83 bits per heavy atom. The molecule has 6 rings (SSSR count). The van der Waals surface area contributed by atoms with Crippen LogP contribution in [-0.4, -0.2) is 25.7 Å². The highest BCUT2D eigenvalue weighted by molar-refractivity contribution is 5.94. The summed E-state index contributed by atoms with van der Waals surface area (Å²) < 4.78 is 22.5. The van der Waals surface area contributed by atoms with Crippen LogP contribution < -0.4 is 16.2 Å². The second-order valence-corrected chi connectivity index (χ2v) is 9.45. The van der Waals surface area contributed by atoms with Crippen LogP contribution in [-0.2, 0) is 13.0 Å². The van der Waals surface area contributed by atoms with Crippen molar-refractivity contribution in [1.82, 2.24) is 19.7 Å². The molecule has 1 atom stereocenters. The summed E-state index contributed by atoms with van der Waals surface area (Å²) in [7, 11) is 0. The molecule has 4 heterocycles. The van der Waals surface area contributed by atoms with E-state index in [9.17, 15) is 9.18 Å². The first-order valence-electron chi connectivity index (χ1n) is 11.9. The summed E-state index contributed by atoms with van der Waals surface area (Å²) in [4.78, 5) is 21.6. The lowest BCUT2D eigenvalue weighted by Gasteiger charge is -2.22. The van der Waals surface area contributed by atoms with E-state index in [1.165, 1.54) is 12.1 Å². The Morgan fingerprint density at radius 2 is 2.06 bits per heavy atom. The van der Waals surface area contributed by atoms with Gasteiger partial charge >= 0.3 is 0 Å². The van der Waals surface area contributed by atoms with Gasteiger partial charge in [-0.3, -0.25) is 14.5 Å². The lowest BCUT2D eigenvalue weighted by molar-refractivity contribution is 0.0994. The van der Waals surface area contributed by atoms with Crippen molar-refractivity contribution in [3.05, 3.63) is 77.0 Å². The van der Waals surface area contributed by atoms with Gasteiger partial charge in [-0.05, 0) is 61.6 Å². The number of carbonyl (C=O) groups excluding carboxylic acids is 1. The molecule has 8 nitrogen and oxygen atoms in total. The number of rotatable bonds is 3. The molecule has 0 spiro atoms. The second kappa shape index (κ2) is 8.44. The summed E-state index contributed by atoms with van der Waals surface area (Å²) in [5.41, 5.74) is 17.3. The lowest BCUT2D eigenvalue weighted by Crippen LogP contribution is -2.15. The highest BCUT2D eigenvalue weighted by atomic mass is 19.1. The van der Waals surface area contributed by atoms with Crippen LogP contribution in [0.4, 0.5) is 10.2 Å². The Balaban J connectivity index is 1.66. The van der Waals surface area contributed by atoms with Crippen LogP contribution in [0.15, 0.2) is 48.8 Å². The topological polar surface area (TPSA) is 122 Å². The Hall–Kier alpha value is -4.27. The van der Waals surface area contributed by atoms with Crippen molar-refractivity contribution < 1.29 is 13.9 Å². The number of fused-ring (bicyclic) bond motifs is 7. The third kappa shape index (κ3) is 3.86. The molecule has 1 amide bonds. The lowest BCUT2D eigenvalue weighted by atomic mass is 9.92. The summed E-state index contributed by atoms with van der Waals surface area (Å²) >= 11 is 0. The average molecular weight is 485 g/mol. The zero-order chi connectivity index (χ0) is 25.0. The molecule has 9 heteroatoms. The normalized spacial score (nSPS) is 16.6. The monoisotopic (exact) mass is 484 g/mol. The highest BCUT2D eigenvalue weighted by Crippen LogP contribution is 2.40. The van der Waals surface area contributed by atoms with Crippen LogP contribution in [0.25, 0.3) is 22.5 Å². The van der Waals surface area contributed by atoms with Crippen LogP contribution in [0.3, 0.4) is 0 Å². The molecule has 1 fully saturated rings. The molecule has 1 aliphatic carbocycles. The Labute approximate surface area is 207 Å². The molecule has 2 bridgehead atoms. The molecule has 4 N–H and O–H groups in total. The van der Waals surface area contributed by atoms with Crippen molar-refractivity contribution in [1.29, 1.82) is 0 Å². The van der Waals surface area contributed by atoms with E-state index in [4.69, 9.17) is 16.2 Å². The fourth-order valence-corrected chi connectivity index (χ4v) is 4.90. The summed E-state index contributed by atoms with van der Waals surface area (Å²) in [6.07, 6.45) is 5.40. The highest BCUT2D eigenvalue weighted by Gasteiger charge is 2.30. The number of pyridine rings is 2. The Kier molecular flexibility index (Phi) is 5.21. The van der Waals surface area contributed by atoms with Gasteiger partial charge < -0.3 is 16.2 Å². The molecule has 0 saturated heterocycles. The zero-order valence-corrected chi connectivity index (χ0v) is 19.7. The molecule has 0 unspecified atom stereocenters. The summed E-state index contributed by atoms with van der Waals surface area (Å²) in [5.74, 6) is 0.0961. The number of primary amides is 1. The Morgan fingerprint density at radius 1 is 1.22 bits per heavy atom. The number of ether oxygens (including phenoxy) is 1. The summed E-state index contributed by atoms with van der Waals surface area (Å²) in [6.45, 7) is 2.52. The maximum atomic E-state index is 14.4. The Bertz CT molecular complexity index is 1510. The van der Waals surface area contributed by atoms with Gasteiger partial charge in [-0.25, -0.2) is 9.37 Å². The maximum absolute atomic E-state index is 14.4. The molecular formula is C27H25FN6O2. The van der Waals surface area contributed by atoms with Gasteiger partial charge in [0.1, 0.15) is 11.9 Å². The molecule has 36 heavy (non-hydrogen) atoms. The molecule has 1 saturated carbocycles. The molecule has 2 aliphatic rings. The van der Waals surface area contributed by atoms with Gasteiger partial charge in [0.25, 0.3) is 5.91 Å². The minimum absolute atomic E-state index is 0.212. The third-order valence-corrected chi connectivity index (χ3v) is 6.84. The molecular weight excluding hydrogens is 459 g/mol. The number of carbonyl (C=O) groups is 1. The predicted octanol–water partition coefficient (Wildman–Crippen LogP) is 4.28. The van der Waals surface area contributed by atoms with E-state index in [2.05, 4.69) is 15.1 Å². The predicted molar refractivity (Wildman–Crippen MR) is 133 cm³/mol. The quantitative estimate of drug-likeness (QED) is 0.448. The number of nitrogens with zero attached hydrogens (tertiary/aromatic N) is 4. The minimum atomic E-state index is -0.602. The van der Waals surface area contributed by atoms with Gasteiger partial charge in [-0.15, -0.1) is 0 Å². The number of hydrogen-bond acceptors (Lipinski definition) is 6. The molecule has 3 aromatic heterocycles. The van der Waals surface area contributed by atoms with E-state index in [1.54, 1.807) is 24.5 Å². The number of nitrogen functional groups attached to an aromatic ring is 1. The minimum Gasteiger partial charge on any atom is -0.482 e. The van der Waals surface area contributed by atoms with Gasteiger partial charge in [0, 0.05) is 47.6 Å². The van der Waals surface area contributed by atoms with Crippen molar-refractivity contribution in [2.45, 2.75) is 38.8 Å². The average Bonchev–Trinajstić information content (AvgIpc) is 3.60. The molecule has 4 aromatic rings. The first-order valence-corrected chi connectivity index (χ1v) is 11.9. The molecule has 0 radical (unpaired) electrons. The first kappa shape index (κ1) is 22.2. The van der Waals surface area contributed by atoms with Crippen molar-refractivity contribution in [2.75, 3.05) is 5.73 Å². The van der Waals surface area contributed by atoms with E-state index in [1.807, 2.05) is 23.7 Å². The number of benzene rings is 1. The van der Waals surface area contributed by atoms with Crippen LogP contribution >= 0.6 is 0 Å². The van der Waals surface area contributed by atoms with Crippen molar-refractivity contribution in [2.24, 2.45) is 11.7 Å². The summed E-state index contributed by atoms with van der Waals surface area (Å²) in [6, 6.07) is 10.2. The first-order chi connectivity index (χ1) is 17.4. The van der Waals surface area contributed by atoms with Crippen molar-refractivity contribution in [3.8, 4) is 28.3 Å². The number of amides is 1. The molecule has 1 aliphatic heterocycles. The number of anilines is 1. The van der Waals surface area contributed by atoms with Gasteiger partial charge in [0.15, 0.2) is 17.3 Å². The fourth-order valence-electron chi connectivity index (χ4n) is 4.90. The molecule has 182 valence electrons. The van der Waals surface area contributed by atoms with E-state index in [-0.39, 0.29) is 17.3 Å². The van der Waals surface area contributed by atoms with Crippen LogP contribution in [0.5, 0.6) is 5.75 Å². The fraction of sp³-hybridized carbons (Fsp3) is 0.259.